The number of nitrogens with zero attached hydrogens (tertiary/aromatic N) is 3. The van der Waals surface area contributed by atoms with Crippen molar-refractivity contribution >= 4 is 55.0 Å². The number of carbonyl (C=O) groups excluding carboxylic acids is 1. The number of aryl methyl sites for hydroxylation is 1. The summed E-state index contributed by atoms with van der Waals surface area (Å²) in [5.74, 6) is 0.367. The molecular weight excluding hydrogens is 466 g/mol. The van der Waals surface area contributed by atoms with Crippen molar-refractivity contribution in [1.29, 1.82) is 0 Å². The number of anilines is 1. The number of halogens is 1. The Bertz CT molecular complexity index is 1500. The van der Waals surface area contributed by atoms with E-state index in [4.69, 9.17) is 21.3 Å². The maximum atomic E-state index is 14.2. The van der Waals surface area contributed by atoms with Crippen LogP contribution in [0.3, 0.4) is 0 Å². The first-order valence-electron chi connectivity index (χ1n) is 11.0. The Kier molecular flexibility index (Phi) is 6.18. The molecule has 0 unspecified atom stereocenters. The van der Waals surface area contributed by atoms with Gasteiger partial charge in [-0.05, 0) is 60.5 Å². The van der Waals surface area contributed by atoms with Crippen molar-refractivity contribution in [3.63, 3.8) is 0 Å². The average Bonchev–Trinajstić information content (AvgIpc) is 3.27. The molecule has 0 bridgehead atoms. The fourth-order valence-corrected chi connectivity index (χ4v) is 5.44. The predicted octanol–water partition coefficient (Wildman–Crippen LogP) is 7.05. The van der Waals surface area contributed by atoms with E-state index in [9.17, 15) is 4.79 Å². The Morgan fingerprint density at radius 3 is 2.71 bits per heavy atom. The fourth-order valence-electron chi connectivity index (χ4n) is 4.02. The number of amides is 1. The van der Waals surface area contributed by atoms with E-state index in [-0.39, 0.29) is 12.5 Å². The monoisotopic (exact) mass is 487 g/mol. The molecule has 0 atom stereocenters. The second kappa shape index (κ2) is 9.41. The van der Waals surface area contributed by atoms with Crippen LogP contribution in [0, 0.1) is 6.92 Å². The van der Waals surface area contributed by atoms with Crippen LogP contribution in [0.2, 0.25) is 5.02 Å². The molecule has 5 aromatic rings. The number of aromatic nitrogens is 2. The quantitative estimate of drug-likeness (QED) is 0.257. The molecule has 0 N–H and O–H groups in total. The van der Waals surface area contributed by atoms with E-state index >= 15 is 0 Å². The van der Waals surface area contributed by atoms with Crippen LogP contribution < -0.4 is 9.64 Å². The minimum atomic E-state index is -0.186. The Labute approximate surface area is 206 Å². The van der Waals surface area contributed by atoms with E-state index in [0.29, 0.717) is 28.1 Å². The zero-order valence-corrected chi connectivity index (χ0v) is 20.4. The normalized spacial score (nSPS) is 11.1. The van der Waals surface area contributed by atoms with Crippen molar-refractivity contribution in [1.82, 2.24) is 9.97 Å². The smallest absolute Gasteiger partial charge is 0.264 e. The number of fused-ring (bicyclic) bond motifs is 2. The molecule has 0 spiro atoms. The summed E-state index contributed by atoms with van der Waals surface area (Å²) in [4.78, 5) is 25.2. The van der Waals surface area contributed by atoms with Gasteiger partial charge in [0.15, 0.2) is 5.13 Å². The first-order valence-corrected chi connectivity index (χ1v) is 12.2. The lowest BCUT2D eigenvalue weighted by molar-refractivity contribution is 0.0983. The van der Waals surface area contributed by atoms with Crippen LogP contribution in [-0.2, 0) is 6.54 Å². The molecule has 170 valence electrons. The summed E-state index contributed by atoms with van der Waals surface area (Å²) in [7, 11) is 0. The molecule has 2 aromatic heterocycles. The zero-order chi connectivity index (χ0) is 23.7. The van der Waals surface area contributed by atoms with Gasteiger partial charge >= 0.3 is 0 Å². The molecule has 0 aliphatic heterocycles. The van der Waals surface area contributed by atoms with Gasteiger partial charge in [0.2, 0.25) is 0 Å². The lowest BCUT2D eigenvalue weighted by Gasteiger charge is -2.22. The molecule has 0 radical (unpaired) electrons. The number of carbonyl (C=O) groups is 1. The second-order valence-corrected chi connectivity index (χ2v) is 9.32. The van der Waals surface area contributed by atoms with Gasteiger partial charge in [0.25, 0.3) is 5.91 Å². The van der Waals surface area contributed by atoms with E-state index < -0.39 is 0 Å². The van der Waals surface area contributed by atoms with Crippen molar-refractivity contribution < 1.29 is 9.53 Å². The van der Waals surface area contributed by atoms with E-state index in [1.54, 1.807) is 11.1 Å². The minimum Gasteiger partial charge on any atom is -0.493 e. The number of thiazole rings is 1. The van der Waals surface area contributed by atoms with Gasteiger partial charge in [0.05, 0.1) is 34.6 Å². The third-order valence-electron chi connectivity index (χ3n) is 5.57. The lowest BCUT2D eigenvalue weighted by Crippen LogP contribution is -2.31. The molecule has 3 aromatic carbocycles. The lowest BCUT2D eigenvalue weighted by atomic mass is 10.0. The topological polar surface area (TPSA) is 55.3 Å². The summed E-state index contributed by atoms with van der Waals surface area (Å²) in [5.41, 5.74) is 3.09. The predicted molar refractivity (Wildman–Crippen MR) is 139 cm³/mol. The minimum absolute atomic E-state index is 0.186. The third kappa shape index (κ3) is 4.22. The maximum absolute atomic E-state index is 14.2. The van der Waals surface area contributed by atoms with Crippen LogP contribution in [0.1, 0.15) is 28.5 Å². The SMILES string of the molecule is CCOc1ccc2ccccc2c1C(=O)N(Cc1ccccn1)c1nc2c(C)cc(Cl)cc2s1. The molecule has 2 heterocycles. The molecule has 5 nitrogen and oxygen atoms in total. The fraction of sp³-hybridized carbons (Fsp3) is 0.148. The van der Waals surface area contributed by atoms with Gasteiger partial charge in [0, 0.05) is 11.2 Å². The van der Waals surface area contributed by atoms with Gasteiger partial charge in [-0.1, -0.05) is 59.3 Å². The highest BCUT2D eigenvalue weighted by atomic mass is 35.5. The van der Waals surface area contributed by atoms with Crippen LogP contribution in [0.15, 0.2) is 72.9 Å². The van der Waals surface area contributed by atoms with Crippen LogP contribution >= 0.6 is 22.9 Å². The van der Waals surface area contributed by atoms with Gasteiger partial charge in [0.1, 0.15) is 5.75 Å². The number of benzene rings is 3. The Balaban J connectivity index is 1.69. The summed E-state index contributed by atoms with van der Waals surface area (Å²) in [6, 6.07) is 21.1. The van der Waals surface area contributed by atoms with Crippen molar-refractivity contribution in [2.75, 3.05) is 11.5 Å². The molecule has 0 fully saturated rings. The number of ether oxygens (including phenoxy) is 1. The van der Waals surface area contributed by atoms with E-state index in [1.165, 1.54) is 11.3 Å². The van der Waals surface area contributed by atoms with Crippen LogP contribution in [-0.4, -0.2) is 22.5 Å². The highest BCUT2D eigenvalue weighted by molar-refractivity contribution is 7.22. The van der Waals surface area contributed by atoms with Crippen molar-refractivity contribution in [3.05, 3.63) is 94.8 Å². The van der Waals surface area contributed by atoms with Crippen molar-refractivity contribution in [2.45, 2.75) is 20.4 Å². The largest absolute Gasteiger partial charge is 0.493 e. The first kappa shape index (κ1) is 22.3. The molecule has 34 heavy (non-hydrogen) atoms. The maximum Gasteiger partial charge on any atom is 0.264 e. The molecule has 5 rings (SSSR count). The van der Waals surface area contributed by atoms with Gasteiger partial charge in [-0.15, -0.1) is 0 Å². The summed E-state index contributed by atoms with van der Waals surface area (Å²) >= 11 is 7.74. The standard InChI is InChI=1S/C27H22ClN3O2S/c1-3-33-22-12-11-18-8-4-5-10-21(18)24(22)26(32)31(16-20-9-6-7-13-29-20)27-30-25-17(2)14-19(28)15-23(25)34-27/h4-15H,3,16H2,1-2H3. The highest BCUT2D eigenvalue weighted by Crippen LogP contribution is 2.36. The van der Waals surface area contributed by atoms with E-state index in [1.807, 2.05) is 80.6 Å². The zero-order valence-electron chi connectivity index (χ0n) is 18.8. The van der Waals surface area contributed by atoms with Crippen LogP contribution in [0.25, 0.3) is 21.0 Å². The summed E-state index contributed by atoms with van der Waals surface area (Å²) in [6.07, 6.45) is 1.73. The Morgan fingerprint density at radius 1 is 1.09 bits per heavy atom. The third-order valence-corrected chi connectivity index (χ3v) is 6.81. The molecule has 0 aliphatic carbocycles. The van der Waals surface area contributed by atoms with Gasteiger partial charge in [-0.25, -0.2) is 4.98 Å². The number of hydrogen-bond donors (Lipinski definition) is 0. The molecule has 0 saturated carbocycles. The van der Waals surface area contributed by atoms with E-state index in [2.05, 4.69) is 4.98 Å². The van der Waals surface area contributed by atoms with E-state index in [0.717, 1.165) is 32.2 Å². The Hall–Kier alpha value is -3.48. The number of rotatable bonds is 6. The second-order valence-electron chi connectivity index (χ2n) is 7.87. The van der Waals surface area contributed by atoms with Crippen molar-refractivity contribution in [2.24, 2.45) is 0 Å². The molecule has 0 aliphatic rings. The first-order chi connectivity index (χ1) is 16.5. The number of hydrogen-bond acceptors (Lipinski definition) is 5. The van der Waals surface area contributed by atoms with Crippen LogP contribution in [0.4, 0.5) is 5.13 Å². The molecule has 0 saturated heterocycles. The molecule has 7 heteroatoms. The van der Waals surface area contributed by atoms with Crippen molar-refractivity contribution in [3.8, 4) is 5.75 Å². The highest BCUT2D eigenvalue weighted by Gasteiger charge is 2.27. The van der Waals surface area contributed by atoms with Gasteiger partial charge in [-0.2, -0.15) is 0 Å². The summed E-state index contributed by atoms with van der Waals surface area (Å²) < 4.78 is 6.83. The molecular formula is C27H22ClN3O2S. The van der Waals surface area contributed by atoms with Gasteiger partial charge < -0.3 is 4.74 Å². The number of pyridine rings is 1. The summed E-state index contributed by atoms with van der Waals surface area (Å²) in [5, 5.41) is 3.05. The summed E-state index contributed by atoms with van der Waals surface area (Å²) in [6.45, 7) is 4.62. The van der Waals surface area contributed by atoms with Crippen LogP contribution in [0.5, 0.6) is 5.75 Å². The van der Waals surface area contributed by atoms with Gasteiger partial charge in [-0.3, -0.25) is 14.7 Å². The average molecular weight is 488 g/mol. The molecule has 1 amide bonds. The Morgan fingerprint density at radius 2 is 1.91 bits per heavy atom.